The Kier molecular flexibility index (Phi) is 3.17. The molecule has 0 radical (unpaired) electrons. The Hall–Kier alpha value is -1.04. The predicted molar refractivity (Wildman–Crippen MR) is 86.2 cm³/mol. The Bertz CT molecular complexity index is 708. The first kappa shape index (κ1) is 14.9. The normalized spacial score (nSPS) is 20.4. The number of hydrogen-bond donors (Lipinski definition) is 0. The molecule has 1 aliphatic heterocycles. The largest absolute Gasteiger partial charge is 0.496 e. The van der Waals surface area contributed by atoms with E-state index in [2.05, 4.69) is 4.98 Å². The van der Waals surface area contributed by atoms with E-state index >= 15 is 0 Å². The van der Waals surface area contributed by atoms with Crippen LogP contribution in [0.3, 0.4) is 0 Å². The molecular formula is C15H20BClN2O2. The molecular weight excluding hydrogens is 286 g/mol. The van der Waals surface area contributed by atoms with Gasteiger partial charge in [0.1, 0.15) is 11.3 Å². The number of halogens is 1. The van der Waals surface area contributed by atoms with Gasteiger partial charge in [-0.15, -0.1) is 0 Å². The van der Waals surface area contributed by atoms with Crippen LogP contribution in [0.2, 0.25) is 5.02 Å². The zero-order chi connectivity index (χ0) is 15.6. The van der Waals surface area contributed by atoms with E-state index in [1.165, 1.54) is 0 Å². The van der Waals surface area contributed by atoms with Crippen molar-refractivity contribution >= 4 is 35.2 Å². The molecule has 0 bridgehead atoms. The number of fused-ring (bicyclic) bond motifs is 1. The van der Waals surface area contributed by atoms with E-state index in [4.69, 9.17) is 20.9 Å². The summed E-state index contributed by atoms with van der Waals surface area (Å²) in [4.78, 5) is 4.54. The molecule has 2 aromatic rings. The summed E-state index contributed by atoms with van der Waals surface area (Å²) in [5.41, 5.74) is 1.88. The fourth-order valence-corrected chi connectivity index (χ4v) is 2.80. The lowest BCUT2D eigenvalue weighted by Crippen LogP contribution is -2.41. The zero-order valence-corrected chi connectivity index (χ0v) is 14.1. The molecule has 0 unspecified atom stereocenters. The van der Waals surface area contributed by atoms with Gasteiger partial charge in [0, 0.05) is 12.5 Å². The van der Waals surface area contributed by atoms with E-state index < -0.39 is 7.12 Å². The molecule has 6 heteroatoms. The Morgan fingerprint density at radius 3 is 2.29 bits per heavy atom. The van der Waals surface area contributed by atoms with Crippen LogP contribution in [0.15, 0.2) is 12.1 Å². The van der Waals surface area contributed by atoms with Crippen molar-refractivity contribution in [1.82, 2.24) is 9.55 Å². The molecule has 0 atom stereocenters. The second-order valence-electron chi connectivity index (χ2n) is 6.64. The van der Waals surface area contributed by atoms with Gasteiger partial charge >= 0.3 is 7.12 Å². The molecule has 112 valence electrons. The maximum absolute atomic E-state index is 6.56. The van der Waals surface area contributed by atoms with Gasteiger partial charge in [-0.1, -0.05) is 17.7 Å². The summed E-state index contributed by atoms with van der Waals surface area (Å²) in [6.07, 6.45) is 0. The van der Waals surface area contributed by atoms with Crippen molar-refractivity contribution in [2.24, 2.45) is 7.05 Å². The first-order valence-corrected chi connectivity index (χ1v) is 7.49. The molecule has 4 nitrogen and oxygen atoms in total. The van der Waals surface area contributed by atoms with Gasteiger partial charge in [-0.2, -0.15) is 0 Å². The van der Waals surface area contributed by atoms with Crippen LogP contribution < -0.4 is 5.46 Å². The molecule has 0 saturated carbocycles. The predicted octanol–water partition coefficient (Wildman–Crippen LogP) is 2.83. The van der Waals surface area contributed by atoms with Gasteiger partial charge < -0.3 is 13.9 Å². The molecule has 3 rings (SSSR count). The Morgan fingerprint density at radius 2 is 1.71 bits per heavy atom. The van der Waals surface area contributed by atoms with Crippen molar-refractivity contribution in [3.63, 3.8) is 0 Å². The van der Waals surface area contributed by atoms with Crippen molar-refractivity contribution in [1.29, 1.82) is 0 Å². The van der Waals surface area contributed by atoms with E-state index in [0.29, 0.717) is 5.02 Å². The first-order chi connectivity index (χ1) is 9.64. The van der Waals surface area contributed by atoms with E-state index in [1.54, 1.807) is 0 Å². The van der Waals surface area contributed by atoms with Crippen molar-refractivity contribution in [3.8, 4) is 0 Å². The Balaban J connectivity index is 2.09. The number of benzene rings is 1. The highest BCUT2D eigenvalue weighted by atomic mass is 35.5. The molecule has 1 aliphatic rings. The summed E-state index contributed by atoms with van der Waals surface area (Å²) in [5.74, 6) is 0.929. The maximum atomic E-state index is 6.56. The SMILES string of the molecule is Cc1nc2c(Cl)c(B3OC(C)(C)C(C)(C)O3)ccc2n1C. The summed E-state index contributed by atoms with van der Waals surface area (Å²) in [5, 5.41) is 0.606. The van der Waals surface area contributed by atoms with Crippen LogP contribution in [0.4, 0.5) is 0 Å². The lowest BCUT2D eigenvalue weighted by Gasteiger charge is -2.32. The third-order valence-corrected chi connectivity index (χ3v) is 5.15. The zero-order valence-electron chi connectivity index (χ0n) is 13.3. The second-order valence-corrected chi connectivity index (χ2v) is 7.02. The van der Waals surface area contributed by atoms with Gasteiger partial charge in [-0.3, -0.25) is 0 Å². The number of aromatic nitrogens is 2. The van der Waals surface area contributed by atoms with Crippen LogP contribution in [-0.2, 0) is 16.4 Å². The lowest BCUT2D eigenvalue weighted by molar-refractivity contribution is 0.00578. The number of imidazole rings is 1. The smallest absolute Gasteiger partial charge is 0.399 e. The Morgan fingerprint density at radius 1 is 1.14 bits per heavy atom. The second kappa shape index (κ2) is 4.48. The monoisotopic (exact) mass is 306 g/mol. The van der Waals surface area contributed by atoms with E-state index in [1.807, 2.05) is 58.4 Å². The van der Waals surface area contributed by atoms with Gasteiger partial charge in [0.15, 0.2) is 0 Å². The highest BCUT2D eigenvalue weighted by Crippen LogP contribution is 2.37. The van der Waals surface area contributed by atoms with Gasteiger partial charge in [0.2, 0.25) is 0 Å². The quantitative estimate of drug-likeness (QED) is 0.760. The van der Waals surface area contributed by atoms with Crippen molar-refractivity contribution in [2.45, 2.75) is 45.8 Å². The molecule has 0 aliphatic carbocycles. The fourth-order valence-electron chi connectivity index (χ4n) is 2.51. The van der Waals surface area contributed by atoms with E-state index in [-0.39, 0.29) is 11.2 Å². The summed E-state index contributed by atoms with van der Waals surface area (Å²) < 4.78 is 14.2. The summed E-state index contributed by atoms with van der Waals surface area (Å²) in [6, 6.07) is 3.98. The minimum Gasteiger partial charge on any atom is -0.399 e. The van der Waals surface area contributed by atoms with Gasteiger partial charge in [0.25, 0.3) is 0 Å². The molecule has 2 heterocycles. The summed E-state index contributed by atoms with van der Waals surface area (Å²) in [6.45, 7) is 10.1. The number of hydrogen-bond acceptors (Lipinski definition) is 3. The topological polar surface area (TPSA) is 36.3 Å². The minimum atomic E-state index is -0.464. The highest BCUT2D eigenvalue weighted by Gasteiger charge is 2.52. The molecule has 1 saturated heterocycles. The Labute approximate surface area is 130 Å². The molecule has 0 amide bonds. The summed E-state index contributed by atoms with van der Waals surface area (Å²) >= 11 is 6.56. The lowest BCUT2D eigenvalue weighted by atomic mass is 9.79. The molecule has 0 N–H and O–H groups in total. The van der Waals surface area contributed by atoms with Crippen LogP contribution in [0.25, 0.3) is 11.0 Å². The summed E-state index contributed by atoms with van der Waals surface area (Å²) in [7, 11) is 1.52. The van der Waals surface area contributed by atoms with Gasteiger partial charge in [-0.25, -0.2) is 4.98 Å². The van der Waals surface area contributed by atoms with E-state index in [0.717, 1.165) is 22.3 Å². The average molecular weight is 307 g/mol. The maximum Gasteiger partial charge on any atom is 0.496 e. The number of nitrogens with zero attached hydrogens (tertiary/aromatic N) is 2. The van der Waals surface area contributed by atoms with E-state index in [9.17, 15) is 0 Å². The van der Waals surface area contributed by atoms with Crippen LogP contribution >= 0.6 is 11.6 Å². The number of aryl methyl sites for hydroxylation is 2. The van der Waals surface area contributed by atoms with Gasteiger partial charge in [-0.05, 0) is 40.7 Å². The molecule has 21 heavy (non-hydrogen) atoms. The van der Waals surface area contributed by atoms with Crippen LogP contribution in [0.5, 0.6) is 0 Å². The average Bonchev–Trinajstić information content (AvgIpc) is 2.76. The third-order valence-electron chi connectivity index (χ3n) is 4.75. The molecule has 0 spiro atoms. The van der Waals surface area contributed by atoms with Crippen LogP contribution in [-0.4, -0.2) is 27.9 Å². The standard InChI is InChI=1S/C15H20BClN2O2/c1-9-18-13-11(19(9)6)8-7-10(12(13)17)16-20-14(2,3)15(4,5)21-16/h7-8H,1-6H3. The van der Waals surface area contributed by atoms with Crippen molar-refractivity contribution in [2.75, 3.05) is 0 Å². The first-order valence-electron chi connectivity index (χ1n) is 7.11. The van der Waals surface area contributed by atoms with Gasteiger partial charge in [0.05, 0.1) is 21.7 Å². The molecule has 1 fully saturated rings. The minimum absolute atomic E-state index is 0.379. The van der Waals surface area contributed by atoms with Crippen LogP contribution in [0.1, 0.15) is 33.5 Å². The van der Waals surface area contributed by atoms with Crippen molar-refractivity contribution < 1.29 is 9.31 Å². The van der Waals surface area contributed by atoms with Crippen LogP contribution in [0, 0.1) is 6.92 Å². The highest BCUT2D eigenvalue weighted by molar-refractivity contribution is 6.66. The number of rotatable bonds is 1. The molecule has 1 aromatic heterocycles. The third kappa shape index (κ3) is 2.10. The fraction of sp³-hybridized carbons (Fsp3) is 0.533. The molecule has 1 aromatic carbocycles. The van der Waals surface area contributed by atoms with Crippen molar-refractivity contribution in [3.05, 3.63) is 23.0 Å².